The van der Waals surface area contributed by atoms with E-state index in [2.05, 4.69) is 106 Å². The summed E-state index contributed by atoms with van der Waals surface area (Å²) in [7, 11) is 0. The van der Waals surface area contributed by atoms with E-state index in [1.807, 2.05) is 36.4 Å². The molecule has 0 saturated carbocycles. The number of benzene rings is 6. The fraction of sp³-hybridized carbons (Fsp3) is 0. The fourth-order valence-corrected chi connectivity index (χ4v) is 7.64. The van der Waals surface area contributed by atoms with E-state index in [1.54, 1.807) is 0 Å². The Bertz CT molecular complexity index is 2980. The van der Waals surface area contributed by atoms with E-state index in [0.717, 1.165) is 49.7 Å². The zero-order valence-corrected chi connectivity index (χ0v) is 23.9. The predicted octanol–water partition coefficient (Wildman–Crippen LogP) is 10.3. The SMILES string of the molecule is c1ccc(-c2nc(-n3c4ccc5cccc6c7ccccc7n7c8ccccc8c3c7c4c56)nc3c2oc2ccccc23)cc1. The normalized spacial score (nSPS) is 12.4. The van der Waals surface area contributed by atoms with Gasteiger partial charge in [0.1, 0.15) is 16.8 Å². The van der Waals surface area contributed by atoms with Gasteiger partial charge in [-0.2, -0.15) is 0 Å². The summed E-state index contributed by atoms with van der Waals surface area (Å²) in [5.41, 5.74) is 9.78. The minimum Gasteiger partial charge on any atom is -0.452 e. The lowest BCUT2D eigenvalue weighted by molar-refractivity contribution is 0.666. The van der Waals surface area contributed by atoms with Crippen LogP contribution in [0.15, 0.2) is 138 Å². The summed E-state index contributed by atoms with van der Waals surface area (Å²) in [5, 5.41) is 8.30. The molecule has 5 aromatic heterocycles. The first-order chi connectivity index (χ1) is 22.3. The molecule has 5 heterocycles. The van der Waals surface area contributed by atoms with Crippen molar-refractivity contribution in [3.05, 3.63) is 133 Å². The van der Waals surface area contributed by atoms with Crippen LogP contribution < -0.4 is 0 Å². The molecule has 0 N–H and O–H groups in total. The molecular formula is C40H22N4O. The Morgan fingerprint density at radius 3 is 2.07 bits per heavy atom. The van der Waals surface area contributed by atoms with Crippen molar-refractivity contribution in [1.29, 1.82) is 0 Å². The molecule has 11 aromatic rings. The van der Waals surface area contributed by atoms with Crippen molar-refractivity contribution in [3.8, 4) is 17.2 Å². The molecule has 208 valence electrons. The van der Waals surface area contributed by atoms with Crippen molar-refractivity contribution in [2.24, 2.45) is 0 Å². The fourth-order valence-electron chi connectivity index (χ4n) is 7.64. The van der Waals surface area contributed by atoms with Crippen LogP contribution in [0.5, 0.6) is 0 Å². The second-order valence-corrected chi connectivity index (χ2v) is 11.8. The quantitative estimate of drug-likeness (QED) is 0.206. The molecule has 0 unspecified atom stereocenters. The average molecular weight is 575 g/mol. The lowest BCUT2D eigenvalue weighted by atomic mass is 10.0. The Balaban J connectivity index is 1.43. The van der Waals surface area contributed by atoms with E-state index in [9.17, 15) is 0 Å². The standard InChI is InChI=1S/C40H22N4O/c1-2-11-24(12-3-1)35-39-36(28-16-6-9-20-32(28)45-39)42-40(41-35)44-31-22-21-23-13-10-17-26-25-14-4-7-18-29(25)43-30-19-8-5-15-27(30)37(44)38(43)34(31)33(23)26/h1-22H. The molecule has 6 aromatic carbocycles. The lowest BCUT2D eigenvalue weighted by Gasteiger charge is -2.10. The monoisotopic (exact) mass is 574 g/mol. The van der Waals surface area contributed by atoms with E-state index >= 15 is 0 Å². The maximum absolute atomic E-state index is 6.44. The molecule has 0 bridgehead atoms. The van der Waals surface area contributed by atoms with Gasteiger partial charge in [0, 0.05) is 32.5 Å². The number of hydrogen-bond donors (Lipinski definition) is 0. The summed E-state index contributed by atoms with van der Waals surface area (Å²) in [6.07, 6.45) is 0. The molecule has 0 aliphatic heterocycles. The van der Waals surface area contributed by atoms with Crippen LogP contribution in [-0.4, -0.2) is 18.9 Å². The van der Waals surface area contributed by atoms with Crippen LogP contribution in [0.25, 0.3) is 99.2 Å². The third kappa shape index (κ3) is 2.88. The zero-order chi connectivity index (χ0) is 29.2. The molecule has 5 nitrogen and oxygen atoms in total. The number of aromatic nitrogens is 4. The van der Waals surface area contributed by atoms with Crippen LogP contribution in [0.2, 0.25) is 0 Å². The van der Waals surface area contributed by atoms with Crippen LogP contribution in [0, 0.1) is 0 Å². The molecule has 0 fully saturated rings. The number of rotatable bonds is 2. The van der Waals surface area contributed by atoms with Gasteiger partial charge in [-0.15, -0.1) is 0 Å². The first-order valence-corrected chi connectivity index (χ1v) is 15.2. The van der Waals surface area contributed by atoms with Crippen molar-refractivity contribution < 1.29 is 4.42 Å². The summed E-state index contributed by atoms with van der Waals surface area (Å²) in [5.74, 6) is 0.626. The molecule has 0 aliphatic rings. The van der Waals surface area contributed by atoms with Gasteiger partial charge in [-0.25, -0.2) is 9.97 Å². The highest BCUT2D eigenvalue weighted by atomic mass is 16.3. The minimum atomic E-state index is 0.626. The molecule has 0 aliphatic carbocycles. The summed E-state index contributed by atoms with van der Waals surface area (Å²) >= 11 is 0. The lowest BCUT2D eigenvalue weighted by Crippen LogP contribution is -2.02. The Labute approximate surface area is 255 Å². The molecule has 0 spiro atoms. The van der Waals surface area contributed by atoms with E-state index in [0.29, 0.717) is 11.5 Å². The first kappa shape index (κ1) is 23.3. The maximum Gasteiger partial charge on any atom is 0.236 e. The van der Waals surface area contributed by atoms with Gasteiger partial charge in [-0.05, 0) is 41.1 Å². The highest BCUT2D eigenvalue weighted by molar-refractivity contribution is 6.33. The Morgan fingerprint density at radius 1 is 0.489 bits per heavy atom. The van der Waals surface area contributed by atoms with Gasteiger partial charge in [0.2, 0.25) is 5.95 Å². The summed E-state index contributed by atoms with van der Waals surface area (Å²) in [6.45, 7) is 0. The number of fused-ring (bicyclic) bond motifs is 9. The van der Waals surface area contributed by atoms with E-state index < -0.39 is 0 Å². The molecule has 0 atom stereocenters. The maximum atomic E-state index is 6.44. The van der Waals surface area contributed by atoms with Gasteiger partial charge in [-0.3, -0.25) is 4.57 Å². The topological polar surface area (TPSA) is 48.3 Å². The van der Waals surface area contributed by atoms with E-state index in [4.69, 9.17) is 14.4 Å². The Hall–Kier alpha value is -6.20. The summed E-state index contributed by atoms with van der Waals surface area (Å²) < 4.78 is 11.2. The second kappa shape index (κ2) is 8.24. The van der Waals surface area contributed by atoms with Crippen molar-refractivity contribution in [1.82, 2.24) is 18.9 Å². The molecule has 11 rings (SSSR count). The third-order valence-corrected chi connectivity index (χ3v) is 9.46. The van der Waals surface area contributed by atoms with E-state index in [1.165, 1.54) is 38.0 Å². The molecule has 45 heavy (non-hydrogen) atoms. The van der Waals surface area contributed by atoms with Crippen molar-refractivity contribution in [2.75, 3.05) is 0 Å². The molecule has 5 heteroatoms. The zero-order valence-electron chi connectivity index (χ0n) is 23.9. The van der Waals surface area contributed by atoms with Crippen LogP contribution >= 0.6 is 0 Å². The number of furan rings is 1. The second-order valence-electron chi connectivity index (χ2n) is 11.8. The largest absolute Gasteiger partial charge is 0.452 e. The minimum absolute atomic E-state index is 0.626. The number of nitrogens with zero attached hydrogens (tertiary/aromatic N) is 4. The third-order valence-electron chi connectivity index (χ3n) is 9.46. The smallest absolute Gasteiger partial charge is 0.236 e. The summed E-state index contributed by atoms with van der Waals surface area (Å²) in [6, 6.07) is 47.0. The van der Waals surface area contributed by atoms with Crippen molar-refractivity contribution in [2.45, 2.75) is 0 Å². The molecule has 0 amide bonds. The predicted molar refractivity (Wildman–Crippen MR) is 184 cm³/mol. The van der Waals surface area contributed by atoms with E-state index in [-0.39, 0.29) is 0 Å². The van der Waals surface area contributed by atoms with Crippen LogP contribution in [0.1, 0.15) is 0 Å². The van der Waals surface area contributed by atoms with Gasteiger partial charge >= 0.3 is 0 Å². The van der Waals surface area contributed by atoms with Crippen LogP contribution in [0.4, 0.5) is 0 Å². The molecule has 0 saturated heterocycles. The number of hydrogen-bond acceptors (Lipinski definition) is 3. The highest BCUT2D eigenvalue weighted by Gasteiger charge is 2.27. The molecule has 0 radical (unpaired) electrons. The van der Waals surface area contributed by atoms with Crippen molar-refractivity contribution >= 4 is 82.0 Å². The van der Waals surface area contributed by atoms with Gasteiger partial charge in [0.05, 0.1) is 27.6 Å². The number of para-hydroxylation sites is 3. The van der Waals surface area contributed by atoms with Gasteiger partial charge in [0.25, 0.3) is 0 Å². The first-order valence-electron chi connectivity index (χ1n) is 15.2. The van der Waals surface area contributed by atoms with Crippen LogP contribution in [0.3, 0.4) is 0 Å². The molecular weight excluding hydrogens is 552 g/mol. The van der Waals surface area contributed by atoms with Gasteiger partial charge in [0.15, 0.2) is 5.58 Å². The van der Waals surface area contributed by atoms with Crippen molar-refractivity contribution in [3.63, 3.8) is 0 Å². The van der Waals surface area contributed by atoms with Gasteiger partial charge in [-0.1, -0.05) is 103 Å². The Morgan fingerprint density at radius 2 is 1.20 bits per heavy atom. The Kier molecular flexibility index (Phi) is 4.26. The van der Waals surface area contributed by atoms with Gasteiger partial charge < -0.3 is 8.82 Å². The average Bonchev–Trinajstić information content (AvgIpc) is 3.72. The highest BCUT2D eigenvalue weighted by Crippen LogP contribution is 2.46. The van der Waals surface area contributed by atoms with Crippen LogP contribution in [-0.2, 0) is 0 Å². The summed E-state index contributed by atoms with van der Waals surface area (Å²) in [4.78, 5) is 10.7.